The summed E-state index contributed by atoms with van der Waals surface area (Å²) < 4.78 is 0. The van der Waals surface area contributed by atoms with Crippen molar-refractivity contribution in [1.29, 1.82) is 0 Å². The normalized spacial score (nSPS) is 10.3. The molecule has 0 aromatic rings. The minimum absolute atomic E-state index is 0. The first kappa shape index (κ1) is 17.5. The Morgan fingerprint density at radius 3 is 1.14 bits per heavy atom. The predicted octanol–water partition coefficient (Wildman–Crippen LogP) is 4.87. The average Bonchev–Trinajstić information content (AvgIpc) is 2.17. The van der Waals surface area contributed by atoms with E-state index in [9.17, 15) is 0 Å². The third kappa shape index (κ3) is 11.2. The van der Waals surface area contributed by atoms with E-state index in [-0.39, 0.29) is 21.1 Å². The SMILES string of the molecule is CCCCP(CCCC)CCCC.[Pt+2]. The number of rotatable bonds is 9. The van der Waals surface area contributed by atoms with Gasteiger partial charge in [-0.05, 0) is 37.7 Å². The van der Waals surface area contributed by atoms with Gasteiger partial charge in [0.25, 0.3) is 0 Å². The Morgan fingerprint density at radius 2 is 0.929 bits per heavy atom. The fraction of sp³-hybridized carbons (Fsp3) is 1.00. The monoisotopic (exact) mass is 397 g/mol. The Kier molecular flexibility index (Phi) is 17.7. The average molecular weight is 397 g/mol. The summed E-state index contributed by atoms with van der Waals surface area (Å²) in [7, 11) is 0.422. The molecule has 0 aliphatic rings. The molecule has 0 radical (unpaired) electrons. The minimum Gasteiger partial charge on any atom is -0.107 e. The van der Waals surface area contributed by atoms with Gasteiger partial charge < -0.3 is 0 Å². The molecule has 0 N–H and O–H groups in total. The van der Waals surface area contributed by atoms with Gasteiger partial charge in [0.05, 0.1) is 0 Å². The second-order valence-electron chi connectivity index (χ2n) is 3.90. The zero-order valence-corrected chi connectivity index (χ0v) is 13.3. The minimum atomic E-state index is 0. The Hall–Kier alpha value is 1.12. The topological polar surface area (TPSA) is 0 Å². The molecule has 0 atom stereocenters. The Morgan fingerprint density at radius 1 is 0.643 bits per heavy atom. The molecule has 88 valence electrons. The summed E-state index contributed by atoms with van der Waals surface area (Å²) in [4.78, 5) is 0. The van der Waals surface area contributed by atoms with Gasteiger partial charge in [0.15, 0.2) is 0 Å². The Bertz CT molecular complexity index is 77.3. The van der Waals surface area contributed by atoms with Gasteiger partial charge in [-0.25, -0.2) is 0 Å². The molecule has 0 heterocycles. The van der Waals surface area contributed by atoms with Crippen LogP contribution in [0.15, 0.2) is 0 Å². The maximum absolute atomic E-state index is 2.31. The molecule has 0 aliphatic carbocycles. The number of hydrogen-bond acceptors (Lipinski definition) is 0. The molecule has 0 rings (SSSR count). The van der Waals surface area contributed by atoms with Crippen LogP contribution in [-0.4, -0.2) is 18.5 Å². The summed E-state index contributed by atoms with van der Waals surface area (Å²) in [5, 5.41) is 0. The van der Waals surface area contributed by atoms with Crippen LogP contribution in [0.4, 0.5) is 0 Å². The zero-order chi connectivity index (χ0) is 9.94. The molecule has 0 aromatic heterocycles. The summed E-state index contributed by atoms with van der Waals surface area (Å²) in [6, 6.07) is 0. The smallest absolute Gasteiger partial charge is 0.107 e. The van der Waals surface area contributed by atoms with Crippen molar-refractivity contribution in [3.63, 3.8) is 0 Å². The van der Waals surface area contributed by atoms with Gasteiger partial charge in [-0.15, -0.1) is 7.92 Å². The van der Waals surface area contributed by atoms with E-state index in [0.29, 0.717) is 7.92 Å². The van der Waals surface area contributed by atoms with Crippen LogP contribution in [0.5, 0.6) is 0 Å². The number of unbranched alkanes of at least 4 members (excludes halogenated alkanes) is 3. The van der Waals surface area contributed by atoms with Crippen molar-refractivity contribution in [2.24, 2.45) is 0 Å². The molecule has 2 heteroatoms. The van der Waals surface area contributed by atoms with Crippen molar-refractivity contribution < 1.29 is 21.1 Å². The van der Waals surface area contributed by atoms with E-state index in [1.165, 1.54) is 38.5 Å². The predicted molar refractivity (Wildman–Crippen MR) is 66.2 cm³/mol. The third-order valence-electron chi connectivity index (χ3n) is 2.48. The molecular weight excluding hydrogens is 370 g/mol. The molecule has 0 aromatic carbocycles. The van der Waals surface area contributed by atoms with Crippen LogP contribution in [0, 0.1) is 0 Å². The van der Waals surface area contributed by atoms with E-state index < -0.39 is 0 Å². The van der Waals surface area contributed by atoms with E-state index >= 15 is 0 Å². The van der Waals surface area contributed by atoms with Crippen molar-refractivity contribution >= 4 is 7.92 Å². The van der Waals surface area contributed by atoms with Crippen molar-refractivity contribution in [2.75, 3.05) is 18.5 Å². The standard InChI is InChI=1S/C12H27P.Pt/c1-4-7-10-13(11-8-5-2)12-9-6-3;/h4-12H2,1-3H3;/q;+2. The van der Waals surface area contributed by atoms with Gasteiger partial charge in [0.1, 0.15) is 0 Å². The van der Waals surface area contributed by atoms with Gasteiger partial charge in [0.2, 0.25) is 0 Å². The van der Waals surface area contributed by atoms with E-state index in [4.69, 9.17) is 0 Å². The van der Waals surface area contributed by atoms with Gasteiger partial charge in [0, 0.05) is 0 Å². The van der Waals surface area contributed by atoms with Crippen LogP contribution in [0.25, 0.3) is 0 Å². The first-order valence-electron chi connectivity index (χ1n) is 6.07. The third-order valence-corrected chi connectivity index (χ3v) is 5.33. The van der Waals surface area contributed by atoms with Gasteiger partial charge in [-0.1, -0.05) is 40.0 Å². The summed E-state index contributed by atoms with van der Waals surface area (Å²) in [5.74, 6) is 0. The van der Waals surface area contributed by atoms with Crippen molar-refractivity contribution in [3.8, 4) is 0 Å². The first-order valence-corrected chi connectivity index (χ1v) is 7.97. The first-order chi connectivity index (χ1) is 6.35. The summed E-state index contributed by atoms with van der Waals surface area (Å²) in [6.07, 6.45) is 13.2. The Balaban J connectivity index is 0. The maximum Gasteiger partial charge on any atom is 2.00 e. The molecule has 0 spiro atoms. The van der Waals surface area contributed by atoms with Crippen molar-refractivity contribution in [2.45, 2.75) is 59.3 Å². The molecule has 0 fully saturated rings. The van der Waals surface area contributed by atoms with Gasteiger partial charge in [-0.3, -0.25) is 0 Å². The molecule has 0 nitrogen and oxygen atoms in total. The second-order valence-corrected chi connectivity index (χ2v) is 6.59. The zero-order valence-electron chi connectivity index (χ0n) is 10.1. The largest absolute Gasteiger partial charge is 2.00 e. The fourth-order valence-electron chi connectivity index (χ4n) is 1.48. The van der Waals surface area contributed by atoms with Gasteiger partial charge in [-0.2, -0.15) is 0 Å². The van der Waals surface area contributed by atoms with Crippen LogP contribution < -0.4 is 0 Å². The van der Waals surface area contributed by atoms with Crippen LogP contribution >= 0.6 is 7.92 Å². The molecule has 0 saturated carbocycles. The molecule has 0 amide bonds. The van der Waals surface area contributed by atoms with E-state index in [0.717, 1.165) is 0 Å². The van der Waals surface area contributed by atoms with Crippen LogP contribution in [0.1, 0.15) is 59.3 Å². The molecule has 0 unspecified atom stereocenters. The van der Waals surface area contributed by atoms with Crippen molar-refractivity contribution in [1.82, 2.24) is 0 Å². The molecular formula is C12H27PPt+2. The van der Waals surface area contributed by atoms with Crippen LogP contribution in [0.3, 0.4) is 0 Å². The van der Waals surface area contributed by atoms with E-state index in [1.807, 2.05) is 0 Å². The summed E-state index contributed by atoms with van der Waals surface area (Å²) in [5.41, 5.74) is 0. The van der Waals surface area contributed by atoms with Crippen LogP contribution in [-0.2, 0) is 21.1 Å². The quantitative estimate of drug-likeness (QED) is 0.487. The molecule has 14 heavy (non-hydrogen) atoms. The van der Waals surface area contributed by atoms with Crippen LogP contribution in [0.2, 0.25) is 0 Å². The van der Waals surface area contributed by atoms with Crippen molar-refractivity contribution in [3.05, 3.63) is 0 Å². The summed E-state index contributed by atoms with van der Waals surface area (Å²) >= 11 is 0. The summed E-state index contributed by atoms with van der Waals surface area (Å²) in [6.45, 7) is 6.94. The second kappa shape index (κ2) is 14.1. The van der Waals surface area contributed by atoms with Gasteiger partial charge >= 0.3 is 21.1 Å². The molecule has 0 aliphatic heterocycles. The van der Waals surface area contributed by atoms with E-state index in [2.05, 4.69) is 20.8 Å². The number of hydrogen-bond donors (Lipinski definition) is 0. The molecule has 0 bridgehead atoms. The van der Waals surface area contributed by atoms with E-state index in [1.54, 1.807) is 18.5 Å². The molecule has 0 saturated heterocycles. The maximum atomic E-state index is 2.31. The Labute approximate surface area is 107 Å². The fourth-order valence-corrected chi connectivity index (χ4v) is 4.44.